The van der Waals surface area contributed by atoms with Gasteiger partial charge in [-0.15, -0.1) is 13.2 Å². The van der Waals surface area contributed by atoms with Crippen molar-refractivity contribution in [2.75, 3.05) is 6.61 Å². The Labute approximate surface area is 185 Å². The number of alkyl halides is 3. The molecule has 3 aromatic heterocycles. The Morgan fingerprint density at radius 1 is 1.09 bits per heavy atom. The lowest BCUT2D eigenvalue weighted by atomic mass is 9.81. The van der Waals surface area contributed by atoms with E-state index in [0.717, 1.165) is 0 Å². The molecule has 5 rings (SSSR count). The number of fused-ring (bicyclic) bond motifs is 2. The van der Waals surface area contributed by atoms with Gasteiger partial charge in [0, 0.05) is 30.4 Å². The summed E-state index contributed by atoms with van der Waals surface area (Å²) in [6, 6.07) is 12.4. The molecule has 0 radical (unpaired) electrons. The third-order valence-corrected chi connectivity index (χ3v) is 5.51. The number of ether oxygens (including phenoxy) is 2. The van der Waals surface area contributed by atoms with Crippen LogP contribution >= 0.6 is 0 Å². The number of H-pyrrole nitrogens is 1. The molecule has 0 bridgehead atoms. The predicted molar refractivity (Wildman–Crippen MR) is 112 cm³/mol. The Morgan fingerprint density at radius 3 is 2.64 bits per heavy atom. The van der Waals surface area contributed by atoms with Crippen LogP contribution in [0.3, 0.4) is 0 Å². The number of hydrogen-bond acceptors (Lipinski definition) is 5. The van der Waals surface area contributed by atoms with E-state index in [0.29, 0.717) is 40.0 Å². The van der Waals surface area contributed by atoms with E-state index < -0.39 is 11.9 Å². The first-order valence-corrected chi connectivity index (χ1v) is 10.0. The lowest BCUT2D eigenvalue weighted by molar-refractivity contribution is -0.274. The molecule has 33 heavy (non-hydrogen) atoms. The van der Waals surface area contributed by atoms with Gasteiger partial charge in [-0.2, -0.15) is 0 Å². The number of nitrogens with zero attached hydrogens (tertiary/aromatic N) is 2. The monoisotopic (exact) mass is 454 g/mol. The van der Waals surface area contributed by atoms with Crippen LogP contribution in [-0.2, 0) is 5.54 Å². The molecule has 0 spiro atoms. The molecular formula is C23H17F3N4O3. The van der Waals surface area contributed by atoms with E-state index in [-0.39, 0.29) is 18.3 Å². The standard InChI is InChI=1S/C23H17F3N4O3/c24-23(25,26)33-15-7-5-14(6-8-15)22(9-12-32-18-4-2-10-27-19(18)22)30-21(31)17-13-29-20-16(17)3-1-11-28-20/h1-8,10-11,13H,9,12H2,(H,28,29)(H,30,31). The van der Waals surface area contributed by atoms with Gasteiger partial charge in [0.2, 0.25) is 0 Å². The Kier molecular flexibility index (Phi) is 4.92. The second-order valence-electron chi connectivity index (χ2n) is 7.48. The molecule has 0 aliphatic carbocycles. The van der Waals surface area contributed by atoms with Crippen molar-refractivity contribution < 1.29 is 27.4 Å². The number of pyridine rings is 2. The average Bonchev–Trinajstić information content (AvgIpc) is 3.23. The quantitative estimate of drug-likeness (QED) is 0.480. The minimum absolute atomic E-state index is 0.273. The Balaban J connectivity index is 1.58. The number of amides is 1. The van der Waals surface area contributed by atoms with Gasteiger partial charge in [0.15, 0.2) is 0 Å². The molecule has 1 atom stereocenters. The highest BCUT2D eigenvalue weighted by atomic mass is 19.4. The predicted octanol–water partition coefficient (Wildman–Crippen LogP) is 4.31. The van der Waals surface area contributed by atoms with Crippen molar-refractivity contribution in [1.29, 1.82) is 0 Å². The summed E-state index contributed by atoms with van der Waals surface area (Å²) in [6.07, 6.45) is 0.280. The van der Waals surface area contributed by atoms with Gasteiger partial charge in [-0.05, 0) is 42.0 Å². The molecule has 4 heterocycles. The number of rotatable bonds is 4. The van der Waals surface area contributed by atoms with Crippen molar-refractivity contribution in [2.45, 2.75) is 18.3 Å². The van der Waals surface area contributed by atoms with Gasteiger partial charge in [0.05, 0.1) is 12.2 Å². The fourth-order valence-electron chi connectivity index (χ4n) is 4.08. The normalized spacial score (nSPS) is 17.8. The van der Waals surface area contributed by atoms with Crippen LogP contribution in [0.4, 0.5) is 13.2 Å². The summed E-state index contributed by atoms with van der Waals surface area (Å²) in [5.74, 6) is -0.257. The van der Waals surface area contributed by atoms with Crippen molar-refractivity contribution in [1.82, 2.24) is 20.3 Å². The summed E-state index contributed by atoms with van der Waals surface area (Å²) in [7, 11) is 0. The lowest BCUT2D eigenvalue weighted by Crippen LogP contribution is -2.50. The fourth-order valence-corrected chi connectivity index (χ4v) is 4.08. The maximum absolute atomic E-state index is 13.4. The molecule has 1 amide bonds. The van der Waals surface area contributed by atoms with Crippen molar-refractivity contribution >= 4 is 16.9 Å². The van der Waals surface area contributed by atoms with E-state index >= 15 is 0 Å². The summed E-state index contributed by atoms with van der Waals surface area (Å²) in [6.45, 7) is 0.273. The maximum atomic E-state index is 13.4. The molecule has 1 aliphatic rings. The number of aromatic amines is 1. The highest BCUT2D eigenvalue weighted by Crippen LogP contribution is 2.41. The van der Waals surface area contributed by atoms with E-state index in [2.05, 4.69) is 25.0 Å². The largest absolute Gasteiger partial charge is 0.573 e. The maximum Gasteiger partial charge on any atom is 0.573 e. The van der Waals surface area contributed by atoms with Gasteiger partial charge in [0.25, 0.3) is 5.91 Å². The van der Waals surface area contributed by atoms with Crippen LogP contribution in [0.5, 0.6) is 11.5 Å². The van der Waals surface area contributed by atoms with E-state index in [9.17, 15) is 18.0 Å². The third kappa shape index (κ3) is 3.84. The second kappa shape index (κ2) is 7.80. The first-order valence-electron chi connectivity index (χ1n) is 10.0. The zero-order valence-corrected chi connectivity index (χ0v) is 17.0. The Morgan fingerprint density at radius 2 is 1.85 bits per heavy atom. The topological polar surface area (TPSA) is 89.1 Å². The number of carbonyl (C=O) groups is 1. The minimum Gasteiger partial charge on any atom is -0.491 e. The van der Waals surface area contributed by atoms with Crippen LogP contribution in [0.25, 0.3) is 11.0 Å². The summed E-state index contributed by atoms with van der Waals surface area (Å²) >= 11 is 0. The molecule has 0 fully saturated rings. The number of halogens is 3. The van der Waals surface area contributed by atoms with Crippen molar-refractivity contribution in [3.05, 3.63) is 83.9 Å². The molecule has 7 nitrogen and oxygen atoms in total. The van der Waals surface area contributed by atoms with Crippen LogP contribution in [0.15, 0.2) is 67.1 Å². The number of nitrogens with one attached hydrogen (secondary N) is 2. The molecule has 4 aromatic rings. The van der Waals surface area contributed by atoms with Gasteiger partial charge in [-0.3, -0.25) is 9.78 Å². The molecule has 168 valence electrons. The van der Waals surface area contributed by atoms with Gasteiger partial charge in [-0.25, -0.2) is 4.98 Å². The highest BCUT2D eigenvalue weighted by Gasteiger charge is 2.43. The third-order valence-electron chi connectivity index (χ3n) is 5.51. The zero-order chi connectivity index (χ0) is 23.1. The van der Waals surface area contributed by atoms with E-state index in [1.807, 2.05) is 0 Å². The minimum atomic E-state index is -4.80. The van der Waals surface area contributed by atoms with Crippen LogP contribution in [0.1, 0.15) is 28.0 Å². The number of carbonyl (C=O) groups excluding carboxylic acids is 1. The lowest BCUT2D eigenvalue weighted by Gasteiger charge is -2.39. The smallest absolute Gasteiger partial charge is 0.491 e. The van der Waals surface area contributed by atoms with E-state index in [4.69, 9.17) is 4.74 Å². The van der Waals surface area contributed by atoms with Crippen LogP contribution in [0, 0.1) is 0 Å². The number of hydrogen-bond donors (Lipinski definition) is 2. The summed E-state index contributed by atoms with van der Waals surface area (Å²) in [5, 5.41) is 3.72. The van der Waals surface area contributed by atoms with Crippen LogP contribution in [-0.4, -0.2) is 33.8 Å². The number of aromatic nitrogens is 3. The van der Waals surface area contributed by atoms with Crippen LogP contribution < -0.4 is 14.8 Å². The van der Waals surface area contributed by atoms with E-state index in [1.165, 1.54) is 24.3 Å². The van der Waals surface area contributed by atoms with Crippen molar-refractivity contribution in [3.63, 3.8) is 0 Å². The SMILES string of the molecule is O=C(NC1(c2ccc(OC(F)(F)F)cc2)CCOc2cccnc21)c1c[nH]c2ncccc12. The molecule has 1 aliphatic heterocycles. The van der Waals surface area contributed by atoms with Crippen molar-refractivity contribution in [3.8, 4) is 11.5 Å². The fraction of sp³-hybridized carbons (Fsp3) is 0.174. The Bertz CT molecular complexity index is 1320. The summed E-state index contributed by atoms with van der Waals surface area (Å²) < 4.78 is 47.6. The number of benzene rings is 1. The molecule has 0 saturated heterocycles. The molecule has 0 saturated carbocycles. The molecule has 2 N–H and O–H groups in total. The highest BCUT2D eigenvalue weighted by molar-refractivity contribution is 6.06. The summed E-state index contributed by atoms with van der Waals surface area (Å²) in [4.78, 5) is 25.1. The van der Waals surface area contributed by atoms with E-state index in [1.54, 1.807) is 42.9 Å². The van der Waals surface area contributed by atoms with Crippen molar-refractivity contribution in [2.24, 2.45) is 0 Å². The second-order valence-corrected chi connectivity index (χ2v) is 7.48. The van der Waals surface area contributed by atoms with Gasteiger partial charge in [0.1, 0.15) is 28.4 Å². The van der Waals surface area contributed by atoms with Gasteiger partial charge >= 0.3 is 6.36 Å². The molecule has 10 heteroatoms. The summed E-state index contributed by atoms with van der Waals surface area (Å²) in [5.41, 5.74) is 0.835. The van der Waals surface area contributed by atoms with Gasteiger partial charge < -0.3 is 19.8 Å². The average molecular weight is 454 g/mol. The van der Waals surface area contributed by atoms with Gasteiger partial charge in [-0.1, -0.05) is 12.1 Å². The molecule has 1 aromatic carbocycles. The Hall–Kier alpha value is -4.08. The van der Waals surface area contributed by atoms with Crippen LogP contribution in [0.2, 0.25) is 0 Å². The first-order chi connectivity index (χ1) is 15.9. The zero-order valence-electron chi connectivity index (χ0n) is 17.0. The molecule has 1 unspecified atom stereocenters. The molecular weight excluding hydrogens is 437 g/mol. The first kappa shape index (κ1) is 20.8.